The first-order valence-corrected chi connectivity index (χ1v) is 8.23. The Morgan fingerprint density at radius 3 is 2.62 bits per heavy atom. The van der Waals surface area contributed by atoms with E-state index in [4.69, 9.17) is 14.7 Å². The molecular weight excluding hydrogens is 342 g/mol. The van der Waals surface area contributed by atoms with E-state index < -0.39 is 36.8 Å². The summed E-state index contributed by atoms with van der Waals surface area (Å²) in [6, 6.07) is 11.3. The van der Waals surface area contributed by atoms with Crippen LogP contribution in [0.3, 0.4) is 0 Å². The molecule has 1 aliphatic rings. The topological polar surface area (TPSA) is 126 Å². The molecule has 9 nitrogen and oxygen atoms in total. The van der Waals surface area contributed by atoms with E-state index in [9.17, 15) is 15.0 Å². The summed E-state index contributed by atoms with van der Waals surface area (Å²) in [6.45, 7) is -0.0740. The van der Waals surface area contributed by atoms with Crippen molar-refractivity contribution < 1.29 is 24.9 Å². The van der Waals surface area contributed by atoms with Gasteiger partial charge in [0.05, 0.1) is 13.2 Å². The van der Waals surface area contributed by atoms with Gasteiger partial charge in [-0.05, 0) is 18.1 Å². The standard InChI is InChI=1S/C17H21N3O6/c21-10-12-14(22)15(23)16(26-12)20-8-6-13(18-17(20)24)19-25-9-7-11-4-2-1-3-5-11/h1-6,8,12,14-16,21-23H,7,9-10H2,(H,18,19,24)/t12-,14-,15-,16-/m1/s1. The minimum Gasteiger partial charge on any atom is -0.394 e. The second-order valence-corrected chi connectivity index (χ2v) is 5.92. The van der Waals surface area contributed by atoms with Crippen molar-refractivity contribution in [2.24, 2.45) is 0 Å². The van der Waals surface area contributed by atoms with Gasteiger partial charge in [-0.15, -0.1) is 0 Å². The summed E-state index contributed by atoms with van der Waals surface area (Å²) < 4.78 is 6.36. The number of nitrogens with one attached hydrogen (secondary N) is 1. The van der Waals surface area contributed by atoms with E-state index >= 15 is 0 Å². The van der Waals surface area contributed by atoms with Crippen LogP contribution in [0.4, 0.5) is 5.82 Å². The van der Waals surface area contributed by atoms with Crippen molar-refractivity contribution in [1.82, 2.24) is 9.55 Å². The number of anilines is 1. The molecule has 1 aromatic carbocycles. The molecule has 3 rings (SSSR count). The molecule has 1 aliphatic heterocycles. The van der Waals surface area contributed by atoms with Gasteiger partial charge < -0.3 is 20.1 Å². The normalized spacial score (nSPS) is 25.3. The van der Waals surface area contributed by atoms with Gasteiger partial charge in [-0.1, -0.05) is 30.3 Å². The molecule has 4 atom stereocenters. The number of aliphatic hydroxyl groups excluding tert-OH is 3. The Bertz CT molecular complexity index is 769. The summed E-state index contributed by atoms with van der Waals surface area (Å²) in [6.07, 6.45) is -2.62. The molecule has 2 heterocycles. The number of aliphatic hydroxyl groups is 3. The molecule has 0 amide bonds. The highest BCUT2D eigenvalue weighted by atomic mass is 16.6. The zero-order valence-corrected chi connectivity index (χ0v) is 13.9. The number of nitrogens with zero attached hydrogens (tertiary/aromatic N) is 2. The van der Waals surface area contributed by atoms with Crippen molar-refractivity contribution in [2.75, 3.05) is 18.7 Å². The quantitative estimate of drug-likeness (QED) is 0.381. The fourth-order valence-corrected chi connectivity index (χ4v) is 2.71. The lowest BCUT2D eigenvalue weighted by molar-refractivity contribution is -0.0549. The summed E-state index contributed by atoms with van der Waals surface area (Å²) in [4.78, 5) is 21.3. The van der Waals surface area contributed by atoms with E-state index in [2.05, 4.69) is 10.5 Å². The molecule has 0 spiro atoms. The zero-order chi connectivity index (χ0) is 18.5. The number of rotatable bonds is 7. The van der Waals surface area contributed by atoms with Crippen molar-refractivity contribution in [1.29, 1.82) is 0 Å². The first kappa shape index (κ1) is 18.5. The Morgan fingerprint density at radius 2 is 1.96 bits per heavy atom. The number of aromatic nitrogens is 2. The summed E-state index contributed by atoms with van der Waals surface area (Å²) >= 11 is 0. The third-order valence-corrected chi connectivity index (χ3v) is 4.13. The minimum absolute atomic E-state index is 0.214. The summed E-state index contributed by atoms with van der Waals surface area (Å²) in [7, 11) is 0. The third-order valence-electron chi connectivity index (χ3n) is 4.13. The minimum atomic E-state index is -1.34. The molecule has 1 aromatic heterocycles. The third kappa shape index (κ3) is 4.09. The van der Waals surface area contributed by atoms with Gasteiger partial charge in [0.15, 0.2) is 12.0 Å². The predicted octanol–water partition coefficient (Wildman–Crippen LogP) is -0.559. The fourth-order valence-electron chi connectivity index (χ4n) is 2.71. The molecule has 0 unspecified atom stereocenters. The van der Waals surface area contributed by atoms with Gasteiger partial charge in [0.25, 0.3) is 0 Å². The predicted molar refractivity (Wildman–Crippen MR) is 91.2 cm³/mol. The van der Waals surface area contributed by atoms with Crippen LogP contribution in [0.2, 0.25) is 0 Å². The average Bonchev–Trinajstić information content (AvgIpc) is 2.94. The van der Waals surface area contributed by atoms with E-state index in [0.717, 1.165) is 10.1 Å². The van der Waals surface area contributed by atoms with Crippen LogP contribution in [0.5, 0.6) is 0 Å². The van der Waals surface area contributed by atoms with Gasteiger partial charge in [-0.3, -0.25) is 9.40 Å². The van der Waals surface area contributed by atoms with Crippen LogP contribution in [0.25, 0.3) is 0 Å². The molecule has 1 fully saturated rings. The van der Waals surface area contributed by atoms with Gasteiger partial charge >= 0.3 is 5.69 Å². The number of hydrogen-bond donors (Lipinski definition) is 4. The summed E-state index contributed by atoms with van der Waals surface area (Å²) in [5.74, 6) is 0.214. The van der Waals surface area contributed by atoms with Crippen LogP contribution in [0.1, 0.15) is 11.8 Å². The molecule has 0 aliphatic carbocycles. The molecule has 4 N–H and O–H groups in total. The molecule has 140 valence electrons. The molecule has 0 bridgehead atoms. The summed E-state index contributed by atoms with van der Waals surface area (Å²) in [5.41, 5.74) is 3.04. The average molecular weight is 363 g/mol. The van der Waals surface area contributed by atoms with Gasteiger partial charge in [-0.2, -0.15) is 4.98 Å². The molecule has 26 heavy (non-hydrogen) atoms. The Balaban J connectivity index is 1.57. The second-order valence-electron chi connectivity index (χ2n) is 5.92. The van der Waals surface area contributed by atoms with Crippen molar-refractivity contribution in [3.8, 4) is 0 Å². The van der Waals surface area contributed by atoms with Crippen LogP contribution in [-0.4, -0.2) is 56.4 Å². The SMILES string of the molecule is O=c1nc(NOCCc2ccccc2)ccn1[C@@H]1O[C@H](CO)[C@@H](O)[C@H]1O. The molecule has 9 heteroatoms. The fraction of sp³-hybridized carbons (Fsp3) is 0.412. The maximum atomic E-state index is 12.1. The van der Waals surface area contributed by atoms with Crippen LogP contribution in [-0.2, 0) is 16.0 Å². The first-order chi connectivity index (χ1) is 12.6. The van der Waals surface area contributed by atoms with Crippen molar-refractivity contribution in [2.45, 2.75) is 31.0 Å². The Morgan fingerprint density at radius 1 is 1.19 bits per heavy atom. The van der Waals surface area contributed by atoms with Crippen LogP contribution in [0.15, 0.2) is 47.4 Å². The number of ether oxygens (including phenoxy) is 1. The van der Waals surface area contributed by atoms with Gasteiger partial charge in [0.1, 0.15) is 18.3 Å². The molecule has 0 radical (unpaired) electrons. The Kier molecular flexibility index (Phi) is 5.96. The highest BCUT2D eigenvalue weighted by Gasteiger charge is 2.43. The van der Waals surface area contributed by atoms with E-state index in [1.54, 1.807) is 0 Å². The van der Waals surface area contributed by atoms with Crippen molar-refractivity contribution >= 4 is 5.82 Å². The lowest BCUT2D eigenvalue weighted by atomic mass is 10.1. The number of hydrogen-bond acceptors (Lipinski definition) is 8. The van der Waals surface area contributed by atoms with E-state index in [1.165, 1.54) is 12.3 Å². The highest BCUT2D eigenvalue weighted by molar-refractivity contribution is 5.28. The van der Waals surface area contributed by atoms with E-state index in [0.29, 0.717) is 13.0 Å². The van der Waals surface area contributed by atoms with Crippen LogP contribution >= 0.6 is 0 Å². The zero-order valence-electron chi connectivity index (χ0n) is 13.9. The lowest BCUT2D eigenvalue weighted by Gasteiger charge is -2.17. The van der Waals surface area contributed by atoms with Gasteiger partial charge in [0, 0.05) is 6.20 Å². The molecule has 1 saturated heterocycles. The largest absolute Gasteiger partial charge is 0.394 e. The Labute approximate surface area is 149 Å². The molecule has 2 aromatic rings. The highest BCUT2D eigenvalue weighted by Crippen LogP contribution is 2.28. The van der Waals surface area contributed by atoms with Crippen LogP contribution in [0, 0.1) is 0 Å². The van der Waals surface area contributed by atoms with Crippen molar-refractivity contribution in [3.05, 3.63) is 58.6 Å². The monoisotopic (exact) mass is 363 g/mol. The summed E-state index contributed by atoms with van der Waals surface area (Å²) in [5, 5.41) is 28.9. The van der Waals surface area contributed by atoms with Crippen LogP contribution < -0.4 is 11.2 Å². The number of benzene rings is 1. The smallest absolute Gasteiger partial charge is 0.351 e. The second kappa shape index (κ2) is 8.39. The van der Waals surface area contributed by atoms with E-state index in [1.807, 2.05) is 30.3 Å². The lowest BCUT2D eigenvalue weighted by Crippen LogP contribution is -2.36. The molecule has 0 saturated carbocycles. The maximum Gasteiger partial charge on any atom is 0.351 e. The van der Waals surface area contributed by atoms with Gasteiger partial charge in [-0.25, -0.2) is 10.3 Å². The first-order valence-electron chi connectivity index (χ1n) is 8.23. The van der Waals surface area contributed by atoms with E-state index in [-0.39, 0.29) is 5.82 Å². The van der Waals surface area contributed by atoms with Gasteiger partial charge in [0.2, 0.25) is 0 Å². The van der Waals surface area contributed by atoms with Crippen molar-refractivity contribution in [3.63, 3.8) is 0 Å². The maximum absolute atomic E-state index is 12.1. The molecular formula is C17H21N3O6. The Hall–Kier alpha value is -2.30.